The smallest absolute Gasteiger partial charge is 0.248 e. The Labute approximate surface area is 633 Å². The van der Waals surface area contributed by atoms with E-state index in [1.54, 1.807) is 12.5 Å². The van der Waals surface area contributed by atoms with Gasteiger partial charge in [-0.05, 0) is 135 Å². The zero-order valence-electron chi connectivity index (χ0n) is 61.2. The van der Waals surface area contributed by atoms with Crippen LogP contribution in [0, 0.1) is 60.0 Å². The van der Waals surface area contributed by atoms with Gasteiger partial charge in [0.1, 0.15) is 52.4 Å². The maximum absolute atomic E-state index is 6.36. The second-order valence-corrected chi connectivity index (χ2v) is 28.6. The third-order valence-electron chi connectivity index (χ3n) is 18.0. The molecule has 0 unspecified atom stereocenters. The van der Waals surface area contributed by atoms with Crippen LogP contribution in [-0.2, 0) is 51.4 Å². The van der Waals surface area contributed by atoms with E-state index < -0.39 is 0 Å². The molecule has 0 N–H and O–H groups in total. The molecule has 0 aliphatic heterocycles. The Balaban J connectivity index is 0.000000153. The van der Waals surface area contributed by atoms with Crippen LogP contribution in [-0.4, -0.2) is 61.8 Å². The van der Waals surface area contributed by atoms with Crippen molar-refractivity contribution < 1.29 is 68.4 Å². The fraction of sp³-hybridized carbons (Fsp3) is 0.241. The van der Waals surface area contributed by atoms with Crippen LogP contribution in [0.3, 0.4) is 0 Å². The van der Waals surface area contributed by atoms with Crippen LogP contribution < -0.4 is 47.3 Å². The number of nitrogens with zero attached hydrogens (tertiary/aromatic N) is 15. The zero-order valence-corrected chi connectivity index (χ0v) is 65.6. The number of rotatable bonds is 12. The SMILES string of the molecule is Cc1nc2cc(Oc3[c-]c(-[n+]4[c-]n(C)cc4)ccc3)[c-]c(-c3cc(C(C)(C)C)ccn3)n2c1C.Cc1nc2cc(Oc3cccc(-n4cc[n+](C)c4)c3)cc(-c3cc(C(C)(C)C)ccn3)n2c1C.Cc1nc2cc(Oc3cccc(-n4ccnc4)c3)cc(-c3cc(C(C)(C)C)ccn3)n2c1C.[I-].[Pt]. The topological polar surface area (TPSA) is 154 Å². The number of hydrogen-bond acceptors (Lipinski definition) is 10. The van der Waals surface area contributed by atoms with Crippen molar-refractivity contribution in [2.24, 2.45) is 14.1 Å². The summed E-state index contributed by atoms with van der Waals surface area (Å²) in [6, 6.07) is 51.2. The number of pyridine rings is 6. The number of ether oxygens (including phenoxy) is 3. The molecule has 0 aliphatic rings. The molecule has 0 fully saturated rings. The molecule has 20 heteroatoms. The first kappa shape index (κ1) is 73.8. The maximum atomic E-state index is 6.36. The van der Waals surface area contributed by atoms with E-state index in [-0.39, 0.29) is 61.3 Å². The van der Waals surface area contributed by atoms with Crippen molar-refractivity contribution in [1.29, 1.82) is 0 Å². The second kappa shape index (κ2) is 29.9. The number of halogens is 1. The minimum absolute atomic E-state index is 0. The van der Waals surface area contributed by atoms with E-state index in [4.69, 9.17) is 39.1 Å². The van der Waals surface area contributed by atoms with Gasteiger partial charge >= 0.3 is 0 Å². The minimum atomic E-state index is 0. The molecule has 103 heavy (non-hydrogen) atoms. The summed E-state index contributed by atoms with van der Waals surface area (Å²) in [5.41, 5.74) is 20.6. The fourth-order valence-corrected chi connectivity index (χ4v) is 12.0. The molecule has 0 spiro atoms. The minimum Gasteiger partial charge on any atom is -1.00 e. The van der Waals surface area contributed by atoms with Gasteiger partial charge in [0, 0.05) is 129 Å². The van der Waals surface area contributed by atoms with E-state index in [9.17, 15) is 0 Å². The van der Waals surface area contributed by atoms with E-state index in [1.807, 2.05) is 194 Å². The number of aryl methyl sites for hydroxylation is 8. The van der Waals surface area contributed by atoms with Gasteiger partial charge in [-0.15, -0.1) is 18.2 Å². The molecule has 15 rings (SSSR count). The Morgan fingerprint density at radius 1 is 0.447 bits per heavy atom. The number of benzene rings is 3. The van der Waals surface area contributed by atoms with Crippen molar-refractivity contribution in [3.63, 3.8) is 0 Å². The van der Waals surface area contributed by atoms with Gasteiger partial charge in [0.05, 0.1) is 71.6 Å². The van der Waals surface area contributed by atoms with Gasteiger partial charge in [-0.1, -0.05) is 97.8 Å². The van der Waals surface area contributed by atoms with Crippen LogP contribution in [0.1, 0.15) is 113 Å². The molecule has 12 heterocycles. The Morgan fingerprint density at radius 3 is 1.41 bits per heavy atom. The van der Waals surface area contributed by atoms with Crippen LogP contribution in [0.15, 0.2) is 202 Å². The van der Waals surface area contributed by atoms with Gasteiger partial charge in [0.15, 0.2) is 0 Å². The van der Waals surface area contributed by atoms with Crippen molar-refractivity contribution in [3.8, 4) is 85.7 Å². The molecular formula is C83H84IN15O3Pt-2. The average molecular weight is 1660 g/mol. The first-order valence-corrected chi connectivity index (χ1v) is 33.7. The van der Waals surface area contributed by atoms with Crippen LogP contribution >= 0.6 is 0 Å². The monoisotopic (exact) mass is 1660 g/mol. The van der Waals surface area contributed by atoms with Gasteiger partial charge in [-0.2, -0.15) is 12.1 Å². The van der Waals surface area contributed by atoms with Crippen molar-refractivity contribution in [2.75, 3.05) is 0 Å². The fourth-order valence-electron chi connectivity index (χ4n) is 12.0. The summed E-state index contributed by atoms with van der Waals surface area (Å²) in [6.45, 7) is 32.2. The van der Waals surface area contributed by atoms with E-state index in [2.05, 4.69) is 178 Å². The molecular weight excluding hydrogens is 1580 g/mol. The molecule has 0 bridgehead atoms. The first-order chi connectivity index (χ1) is 48.2. The van der Waals surface area contributed by atoms with Crippen molar-refractivity contribution in [3.05, 3.63) is 271 Å². The number of imidazole rings is 6. The normalized spacial score (nSPS) is 11.6. The summed E-state index contributed by atoms with van der Waals surface area (Å²) >= 11 is 0. The van der Waals surface area contributed by atoms with Gasteiger partial charge in [-0.3, -0.25) is 18.8 Å². The molecule has 0 saturated carbocycles. The Morgan fingerprint density at radius 2 is 0.932 bits per heavy atom. The predicted octanol–water partition coefficient (Wildman–Crippen LogP) is 14.1. The Hall–Kier alpha value is -10.4. The summed E-state index contributed by atoms with van der Waals surface area (Å²) in [5.74, 6) is 4.10. The largest absolute Gasteiger partial charge is 1.00 e. The Bertz CT molecular complexity index is 5320. The summed E-state index contributed by atoms with van der Waals surface area (Å²) in [5, 5.41) is 0. The molecule has 528 valence electrons. The van der Waals surface area contributed by atoms with Crippen LogP contribution in [0.5, 0.6) is 34.5 Å². The quantitative estimate of drug-likeness (QED) is 0.0656. The second-order valence-electron chi connectivity index (χ2n) is 28.6. The molecule has 0 saturated heterocycles. The standard InChI is InChI=1S/C28H30N5O.C28H27N5O.C27H27N5O.HI.Pt/c2*1-19-20(2)33-26(25-14-21(10-11-29-25)28(3,4)5)16-24(17-27(33)30-19)34-23-9-7-8-22(15-23)32-13-12-31(6)18-32;1-18-19(2)32-25(24-13-20(9-10-29-24)27(3,4)5)15-23(16-26(32)30-18)33-22-8-6-7-21(14-22)31-12-11-28-17-31;;/h7-18H,1-6H3;7-14,17H,1-6H3;6-17H,1-5H3;1H;/q+1;-2;;;/p-1. The number of fused-ring (bicyclic) bond motifs is 3. The molecule has 0 aliphatic carbocycles. The van der Waals surface area contributed by atoms with Crippen molar-refractivity contribution in [1.82, 2.24) is 61.8 Å². The van der Waals surface area contributed by atoms with E-state index in [0.29, 0.717) is 17.2 Å². The predicted molar refractivity (Wildman–Crippen MR) is 394 cm³/mol. The van der Waals surface area contributed by atoms with Gasteiger partial charge < -0.3 is 61.3 Å². The van der Waals surface area contributed by atoms with Gasteiger partial charge in [0.2, 0.25) is 12.7 Å². The zero-order chi connectivity index (χ0) is 71.2. The molecule has 0 amide bonds. The third-order valence-corrected chi connectivity index (χ3v) is 18.0. The van der Waals surface area contributed by atoms with E-state index in [0.717, 1.165) is 120 Å². The van der Waals surface area contributed by atoms with Crippen molar-refractivity contribution >= 4 is 16.9 Å². The summed E-state index contributed by atoms with van der Waals surface area (Å²) in [4.78, 5) is 32.5. The molecule has 0 radical (unpaired) electrons. The molecule has 12 aromatic heterocycles. The van der Waals surface area contributed by atoms with Crippen LogP contribution in [0.2, 0.25) is 0 Å². The number of hydrogen-bond donors (Lipinski definition) is 0. The van der Waals surface area contributed by atoms with E-state index in [1.165, 1.54) is 16.7 Å². The molecule has 0 atom stereocenters. The first-order valence-electron chi connectivity index (χ1n) is 33.7. The maximum Gasteiger partial charge on any atom is 0.248 e. The van der Waals surface area contributed by atoms with E-state index >= 15 is 0 Å². The van der Waals surface area contributed by atoms with Gasteiger partial charge in [-0.25, -0.2) is 29.1 Å². The summed E-state index contributed by atoms with van der Waals surface area (Å²) < 4.78 is 35.1. The molecule has 15 aromatic rings. The van der Waals surface area contributed by atoms with Crippen LogP contribution in [0.4, 0.5) is 0 Å². The summed E-state index contributed by atoms with van der Waals surface area (Å²) in [6.07, 6.45) is 24.1. The third kappa shape index (κ3) is 16.3. The average Bonchev–Trinajstić information content (AvgIpc) is 1.70. The number of aromatic nitrogens is 15. The molecule has 3 aromatic carbocycles. The van der Waals surface area contributed by atoms with Crippen molar-refractivity contribution in [2.45, 2.75) is 120 Å². The van der Waals surface area contributed by atoms with Crippen LogP contribution in [0.25, 0.3) is 68.2 Å². The Kier molecular flexibility index (Phi) is 21.4. The summed E-state index contributed by atoms with van der Waals surface area (Å²) in [7, 11) is 3.94. The molecule has 18 nitrogen and oxygen atoms in total. The van der Waals surface area contributed by atoms with Gasteiger partial charge in [0.25, 0.3) is 0 Å².